The number of fused-ring (bicyclic) bond motifs is 28. The Morgan fingerprint density at radius 1 is 0.160 bits per heavy atom. The summed E-state index contributed by atoms with van der Waals surface area (Å²) in [7, 11) is 0. The van der Waals surface area contributed by atoms with E-state index in [2.05, 4.69) is 387 Å². The highest BCUT2D eigenvalue weighted by atomic mass is 32.1. The van der Waals surface area contributed by atoms with Gasteiger partial charge in [-0.25, -0.2) is 44.9 Å². The van der Waals surface area contributed by atoms with Gasteiger partial charge in [0.15, 0.2) is 17.5 Å². The van der Waals surface area contributed by atoms with E-state index in [4.69, 9.17) is 44.9 Å². The fraction of sp³-hybridized carbons (Fsp3) is 0. The predicted octanol–water partition coefficient (Wildman–Crippen LogP) is 32.9. The minimum Gasteiger partial charge on any atom is -0.311 e. The quantitative estimate of drug-likeness (QED) is 0.129. The van der Waals surface area contributed by atoms with E-state index in [1.54, 1.807) is 11.3 Å². The first-order chi connectivity index (χ1) is 65.0. The number of para-hydroxylation sites is 3. The second kappa shape index (κ2) is 31.3. The van der Waals surface area contributed by atoms with E-state index in [1.165, 1.54) is 70.6 Å². The fourth-order valence-corrected chi connectivity index (χ4v) is 23.7. The third kappa shape index (κ3) is 12.8. The topological polar surface area (TPSA) is 119 Å². The smallest absolute Gasteiger partial charge is 0.180 e. The number of pyridine rings is 3. The molecule has 0 N–H and O–H groups in total. The fourth-order valence-electron chi connectivity index (χ4n) is 19.2. The lowest BCUT2D eigenvalue weighted by Gasteiger charge is -2.25. The second-order valence-corrected chi connectivity index (χ2v) is 37.1. The van der Waals surface area contributed by atoms with Crippen molar-refractivity contribution < 1.29 is 0 Å². The Morgan fingerprint density at radius 3 is 0.962 bits per heavy atom. The van der Waals surface area contributed by atoms with E-state index in [0.29, 0.717) is 17.5 Å². The summed E-state index contributed by atoms with van der Waals surface area (Å²) in [5, 5.41) is 22.8. The summed E-state index contributed by atoms with van der Waals surface area (Å²) in [5.41, 5.74) is 17.4. The lowest BCUT2D eigenvalue weighted by molar-refractivity contribution is 1.20. The number of hydrogen-bond donors (Lipinski definition) is 0. The number of benzene rings is 18. The van der Waals surface area contributed by atoms with E-state index in [0.717, 1.165) is 176 Å². The van der Waals surface area contributed by atoms with Crippen LogP contribution >= 0.6 is 45.3 Å². The van der Waals surface area contributed by atoms with E-state index < -0.39 is 0 Å². The number of hydrogen-bond acceptors (Lipinski definition) is 14. The summed E-state index contributed by atoms with van der Waals surface area (Å²) in [5.74, 6) is 1.92. The maximum atomic E-state index is 5.45. The first kappa shape index (κ1) is 76.0. The average molecular weight is 1740 g/mol. The van der Waals surface area contributed by atoms with Crippen molar-refractivity contribution in [2.75, 3.05) is 4.90 Å². The summed E-state index contributed by atoms with van der Waals surface area (Å²) in [4.78, 5) is 50.1. The number of aromatic nitrogens is 9. The van der Waals surface area contributed by atoms with Crippen LogP contribution in [0.4, 0.5) is 17.1 Å². The summed E-state index contributed by atoms with van der Waals surface area (Å²) >= 11 is 7.20. The molecule has 0 fully saturated rings. The van der Waals surface area contributed by atoms with Crippen LogP contribution in [0.25, 0.3) is 247 Å². The Morgan fingerprint density at radius 2 is 0.489 bits per heavy atom. The third-order valence-corrected chi connectivity index (χ3v) is 29.8. The minimum absolute atomic E-state index is 0.618. The molecule has 0 radical (unpaired) electrons. The van der Waals surface area contributed by atoms with Gasteiger partial charge < -0.3 is 4.90 Å². The summed E-state index contributed by atoms with van der Waals surface area (Å²) < 4.78 is 9.83. The Kier molecular flexibility index (Phi) is 18.2. The van der Waals surface area contributed by atoms with E-state index >= 15 is 0 Å². The van der Waals surface area contributed by atoms with Crippen LogP contribution in [-0.4, -0.2) is 44.9 Å². The molecule has 0 aliphatic heterocycles. The van der Waals surface area contributed by atoms with Gasteiger partial charge in [-0.2, -0.15) is 0 Å². The average Bonchev–Trinajstić information content (AvgIpc) is 1.71. The molecular weight excluding hydrogens is 1670 g/mol. The summed E-state index contributed by atoms with van der Waals surface area (Å²) in [6.45, 7) is 0. The van der Waals surface area contributed by atoms with Crippen molar-refractivity contribution in [2.24, 2.45) is 0 Å². The van der Waals surface area contributed by atoms with Gasteiger partial charge in [-0.05, 0) is 113 Å². The van der Waals surface area contributed by atoms with Crippen molar-refractivity contribution in [1.82, 2.24) is 44.9 Å². The highest BCUT2D eigenvalue weighted by molar-refractivity contribution is 7.27. The number of thiophene rings is 4. The van der Waals surface area contributed by atoms with E-state index in [9.17, 15) is 0 Å². The van der Waals surface area contributed by atoms with Crippen LogP contribution in [0.2, 0.25) is 0 Å². The van der Waals surface area contributed by atoms with Gasteiger partial charge in [0.05, 0.1) is 54.9 Å². The zero-order chi connectivity index (χ0) is 86.1. The molecule has 10 aromatic heterocycles. The van der Waals surface area contributed by atoms with Crippen molar-refractivity contribution in [3.63, 3.8) is 0 Å². The standard InChI is InChI=1S/C45H28N4S.C37H21N3S.C35H19N3S2/c1-3-13-30(14-4-1)49(31-15-5-2-6-16-31)32-25-23-29(24-26-32)42-36-19-9-11-21-38(36)46-45(48-42)44-34-18-8-7-17-33(34)35-27-28-40-41(43(35)47-44)37-20-10-12-22-39(37)50-40;1-2-11-23(12-3-1)33-29-19-18-22-10-4-5-13-24(22)34(29)40-37(39-33)36-26-15-7-6-14-25(26)27-20-21-31-32(35(27)38-36)28-16-8-9-17-30(28)41-31;1-2-10-20(11-3-1)30-34-32(25-15-7-9-17-27(25)40-34)38-35(37-30)33-22-13-5-4-12-21(22)23-18-19-28-29(31(23)36-33)24-14-6-8-16-26(24)39-28/h1-28H;1-21H;1-19H. The maximum Gasteiger partial charge on any atom is 0.180 e. The molecule has 0 aliphatic carbocycles. The summed E-state index contributed by atoms with van der Waals surface area (Å²) in [6, 6.07) is 145. The molecule has 0 atom stereocenters. The van der Waals surface area contributed by atoms with Crippen molar-refractivity contribution in [3.8, 4) is 68.3 Å². The van der Waals surface area contributed by atoms with Crippen LogP contribution in [0, 0.1) is 0 Å². The van der Waals surface area contributed by atoms with Crippen molar-refractivity contribution in [1.29, 1.82) is 0 Å². The van der Waals surface area contributed by atoms with Crippen LogP contribution in [0.5, 0.6) is 0 Å². The molecule has 0 spiro atoms. The molecule has 18 aromatic carbocycles. The number of anilines is 3. The first-order valence-electron chi connectivity index (χ1n) is 43.6. The lowest BCUT2D eigenvalue weighted by atomic mass is 9.99. The molecule has 14 heteroatoms. The number of rotatable bonds is 9. The SMILES string of the molecule is c1ccc(-c2nc(-c3nc4c(ccc5sc6ccccc6c54)c4ccccc34)nc3c2ccc2ccccc23)cc1.c1ccc(-c2nc(-c3nc4c(ccc5sc6ccccc6c54)c4ccccc34)nc3c2sc2ccccc23)cc1.c1ccc(N(c2ccccc2)c2ccc(-c3nc(-c4nc5c(ccc6sc7ccccc7c65)c5ccccc45)nc4ccccc34)cc2)cc1. The number of nitrogens with zero attached hydrogens (tertiary/aromatic N) is 10. The normalized spacial score (nSPS) is 11.8. The zero-order valence-corrected chi connectivity index (χ0v) is 73.1. The highest BCUT2D eigenvalue weighted by Gasteiger charge is 2.26. The van der Waals surface area contributed by atoms with Crippen molar-refractivity contribution >= 4 is 241 Å². The Balaban J connectivity index is 0.000000104. The third-order valence-electron chi connectivity index (χ3n) is 25.2. The molecule has 610 valence electrons. The molecule has 0 saturated heterocycles. The predicted molar refractivity (Wildman–Crippen MR) is 556 cm³/mol. The molecule has 10 nitrogen and oxygen atoms in total. The van der Waals surface area contributed by atoms with Crippen LogP contribution < -0.4 is 4.90 Å². The first-order valence-corrected chi connectivity index (χ1v) is 46.9. The van der Waals surface area contributed by atoms with Gasteiger partial charge in [-0.1, -0.05) is 322 Å². The van der Waals surface area contributed by atoms with Gasteiger partial charge in [0.2, 0.25) is 0 Å². The van der Waals surface area contributed by atoms with Gasteiger partial charge in [-0.3, -0.25) is 0 Å². The Labute approximate surface area is 765 Å². The van der Waals surface area contributed by atoms with Crippen LogP contribution in [0.1, 0.15) is 0 Å². The Bertz CT molecular complexity index is 9480. The van der Waals surface area contributed by atoms with E-state index in [1.807, 2.05) is 64.3 Å². The van der Waals surface area contributed by atoms with Crippen LogP contribution in [0.3, 0.4) is 0 Å². The molecule has 0 aliphatic rings. The van der Waals surface area contributed by atoms with Crippen molar-refractivity contribution in [3.05, 3.63) is 413 Å². The maximum absolute atomic E-state index is 5.45. The lowest BCUT2D eigenvalue weighted by Crippen LogP contribution is -2.09. The molecule has 0 saturated carbocycles. The monoisotopic (exact) mass is 1740 g/mol. The molecule has 131 heavy (non-hydrogen) atoms. The van der Waals surface area contributed by atoms with Crippen LogP contribution in [-0.2, 0) is 0 Å². The molecule has 0 unspecified atom stereocenters. The molecular formula is C117H68N10S4. The van der Waals surface area contributed by atoms with Crippen LogP contribution in [0.15, 0.2) is 413 Å². The highest BCUT2D eigenvalue weighted by Crippen LogP contribution is 2.49. The molecule has 28 rings (SSSR count). The van der Waals surface area contributed by atoms with Gasteiger partial charge in [-0.15, -0.1) is 45.3 Å². The zero-order valence-electron chi connectivity index (χ0n) is 69.9. The molecule has 0 bridgehead atoms. The Hall–Kier alpha value is -16.3. The second-order valence-electron chi connectivity index (χ2n) is 32.8. The minimum atomic E-state index is 0.618. The molecule has 28 aromatic rings. The van der Waals surface area contributed by atoms with Crippen molar-refractivity contribution in [2.45, 2.75) is 0 Å². The van der Waals surface area contributed by atoms with Gasteiger partial charge >= 0.3 is 0 Å². The van der Waals surface area contributed by atoms with E-state index in [-0.39, 0.29) is 0 Å². The van der Waals surface area contributed by atoms with Gasteiger partial charge in [0.25, 0.3) is 0 Å². The molecule has 10 heterocycles. The van der Waals surface area contributed by atoms with Gasteiger partial charge in [0.1, 0.15) is 17.1 Å². The largest absolute Gasteiger partial charge is 0.311 e. The van der Waals surface area contributed by atoms with Gasteiger partial charge in [0, 0.05) is 153 Å². The summed E-state index contributed by atoms with van der Waals surface area (Å²) in [6.07, 6.45) is 0. The molecule has 0 amide bonds.